The Morgan fingerprint density at radius 1 is 1.29 bits per heavy atom. The smallest absolute Gasteiger partial charge is 0.261 e. The minimum Gasteiger partial charge on any atom is -0.344 e. The summed E-state index contributed by atoms with van der Waals surface area (Å²) in [5, 5.41) is 3.44. The van der Waals surface area contributed by atoms with Gasteiger partial charge in [-0.2, -0.15) is 0 Å². The molecule has 1 heterocycles. The molecule has 0 unspecified atom stereocenters. The molecule has 0 bridgehead atoms. The molecule has 6 nitrogen and oxygen atoms in total. The van der Waals surface area contributed by atoms with Crippen molar-refractivity contribution >= 4 is 45.8 Å². The van der Waals surface area contributed by atoms with E-state index in [4.69, 9.17) is 23.2 Å². The molecule has 0 fully saturated rings. The molecule has 1 N–H and O–H groups in total. The molecule has 8 heteroatoms. The van der Waals surface area contributed by atoms with Crippen LogP contribution in [0.5, 0.6) is 0 Å². The van der Waals surface area contributed by atoms with E-state index in [-0.39, 0.29) is 28.7 Å². The van der Waals surface area contributed by atoms with Gasteiger partial charge in [0.25, 0.3) is 5.56 Å². The van der Waals surface area contributed by atoms with Crippen LogP contribution >= 0.6 is 23.2 Å². The number of ketones is 1. The molecule has 2 rings (SSSR count). The Labute approximate surface area is 148 Å². The fraction of sp³-hybridized carbons (Fsp3) is 0.375. The lowest BCUT2D eigenvalue weighted by Crippen LogP contribution is -2.45. The second kappa shape index (κ2) is 7.32. The number of rotatable bonds is 5. The van der Waals surface area contributed by atoms with Gasteiger partial charge < -0.3 is 5.32 Å². The van der Waals surface area contributed by atoms with Crippen LogP contribution in [0, 0.1) is 5.92 Å². The van der Waals surface area contributed by atoms with Crippen molar-refractivity contribution < 1.29 is 9.59 Å². The van der Waals surface area contributed by atoms with Gasteiger partial charge in [-0.05, 0) is 25.0 Å². The fourth-order valence-corrected chi connectivity index (χ4v) is 2.96. The van der Waals surface area contributed by atoms with Crippen LogP contribution in [0.2, 0.25) is 10.0 Å². The van der Waals surface area contributed by atoms with E-state index in [9.17, 15) is 14.4 Å². The Kier molecular flexibility index (Phi) is 5.62. The topological polar surface area (TPSA) is 81.1 Å². The summed E-state index contributed by atoms with van der Waals surface area (Å²) in [7, 11) is 0. The van der Waals surface area contributed by atoms with Crippen LogP contribution in [0.15, 0.2) is 23.3 Å². The molecule has 0 spiro atoms. The average Bonchev–Trinajstić information content (AvgIpc) is 2.47. The van der Waals surface area contributed by atoms with Gasteiger partial charge in [-0.1, -0.05) is 37.0 Å². The molecule has 0 aliphatic rings. The molecule has 1 aromatic carbocycles. The number of hydrogen-bond donors (Lipinski definition) is 1. The molecule has 1 atom stereocenters. The summed E-state index contributed by atoms with van der Waals surface area (Å²) in [6, 6.07) is 2.36. The van der Waals surface area contributed by atoms with Crippen LogP contribution in [0.3, 0.4) is 0 Å². The monoisotopic (exact) mass is 369 g/mol. The Bertz CT molecular complexity index is 862. The number of nitrogens with one attached hydrogen (secondary N) is 1. The van der Waals surface area contributed by atoms with Crippen LogP contribution in [-0.4, -0.2) is 27.3 Å². The number of hydrogen-bond acceptors (Lipinski definition) is 4. The molecule has 0 aliphatic carbocycles. The van der Waals surface area contributed by atoms with Gasteiger partial charge in [0.2, 0.25) is 5.91 Å². The van der Waals surface area contributed by atoms with Gasteiger partial charge >= 0.3 is 0 Å². The van der Waals surface area contributed by atoms with Gasteiger partial charge in [-0.3, -0.25) is 19.0 Å². The molecule has 0 saturated heterocycles. The summed E-state index contributed by atoms with van der Waals surface area (Å²) in [5.41, 5.74) is -0.102. The van der Waals surface area contributed by atoms with Gasteiger partial charge in [0.05, 0.1) is 28.3 Å². The first-order valence-corrected chi connectivity index (χ1v) is 8.10. The third kappa shape index (κ3) is 3.94. The molecule has 24 heavy (non-hydrogen) atoms. The van der Waals surface area contributed by atoms with Crippen molar-refractivity contribution in [3.8, 4) is 0 Å². The van der Waals surface area contributed by atoms with Crippen molar-refractivity contribution in [1.82, 2.24) is 14.9 Å². The molecule has 2 aromatic rings. The van der Waals surface area contributed by atoms with E-state index in [0.29, 0.717) is 10.5 Å². The van der Waals surface area contributed by atoms with Gasteiger partial charge in [0, 0.05) is 5.02 Å². The van der Waals surface area contributed by atoms with Gasteiger partial charge in [0.1, 0.15) is 6.54 Å². The van der Waals surface area contributed by atoms with Crippen LogP contribution in [0.25, 0.3) is 10.9 Å². The SMILES string of the molecule is CC(=O)[C@@H](NC(=O)Cn1cnc2c(Cl)cc(Cl)cc2c1=O)C(C)C. The van der Waals surface area contributed by atoms with E-state index in [1.54, 1.807) is 0 Å². The van der Waals surface area contributed by atoms with Gasteiger partial charge in [-0.15, -0.1) is 0 Å². The second-order valence-electron chi connectivity index (χ2n) is 5.86. The Morgan fingerprint density at radius 2 is 1.96 bits per heavy atom. The second-order valence-corrected chi connectivity index (χ2v) is 6.70. The number of benzene rings is 1. The number of Topliss-reactive ketones (excluding diaryl/α,β-unsaturated/α-hetero) is 1. The highest BCUT2D eigenvalue weighted by atomic mass is 35.5. The van der Waals surface area contributed by atoms with E-state index in [1.807, 2.05) is 13.8 Å². The van der Waals surface area contributed by atoms with Crippen molar-refractivity contribution in [3.63, 3.8) is 0 Å². The maximum atomic E-state index is 12.5. The molecule has 0 aliphatic heterocycles. The number of aromatic nitrogens is 2. The summed E-state index contributed by atoms with van der Waals surface area (Å²) >= 11 is 11.9. The van der Waals surface area contributed by atoms with E-state index in [1.165, 1.54) is 25.4 Å². The summed E-state index contributed by atoms with van der Waals surface area (Å²) in [4.78, 5) is 40.3. The predicted octanol–water partition coefficient (Wildman–Crippen LogP) is 2.43. The predicted molar refractivity (Wildman–Crippen MR) is 93.5 cm³/mol. The first kappa shape index (κ1) is 18.4. The summed E-state index contributed by atoms with van der Waals surface area (Å²) in [6.07, 6.45) is 1.25. The van der Waals surface area contributed by atoms with Crippen molar-refractivity contribution in [2.24, 2.45) is 5.92 Å². The molecular formula is C16H17Cl2N3O3. The van der Waals surface area contributed by atoms with E-state index in [0.717, 1.165) is 4.57 Å². The Morgan fingerprint density at radius 3 is 2.54 bits per heavy atom. The molecule has 128 valence electrons. The van der Waals surface area contributed by atoms with Crippen LogP contribution in [0.1, 0.15) is 20.8 Å². The number of fused-ring (bicyclic) bond motifs is 1. The number of carbonyl (C=O) groups excluding carboxylic acids is 2. The average molecular weight is 370 g/mol. The minimum absolute atomic E-state index is 0.0458. The first-order chi connectivity index (χ1) is 11.2. The third-order valence-corrected chi connectivity index (χ3v) is 4.09. The van der Waals surface area contributed by atoms with Crippen LogP contribution in [-0.2, 0) is 16.1 Å². The van der Waals surface area contributed by atoms with E-state index in [2.05, 4.69) is 10.3 Å². The quantitative estimate of drug-likeness (QED) is 0.877. The molecule has 1 aromatic heterocycles. The van der Waals surface area contributed by atoms with Crippen LogP contribution < -0.4 is 10.9 Å². The summed E-state index contributed by atoms with van der Waals surface area (Å²) in [5.74, 6) is -0.628. The molecule has 0 radical (unpaired) electrons. The highest BCUT2D eigenvalue weighted by Crippen LogP contribution is 2.23. The highest BCUT2D eigenvalue weighted by Gasteiger charge is 2.21. The van der Waals surface area contributed by atoms with Crippen molar-refractivity contribution in [2.45, 2.75) is 33.4 Å². The minimum atomic E-state index is -0.592. The number of carbonyl (C=O) groups is 2. The number of halogens is 2. The highest BCUT2D eigenvalue weighted by molar-refractivity contribution is 6.38. The Hall–Kier alpha value is -1.92. The van der Waals surface area contributed by atoms with Gasteiger partial charge in [-0.25, -0.2) is 4.98 Å². The van der Waals surface area contributed by atoms with E-state index < -0.39 is 17.5 Å². The zero-order valence-corrected chi connectivity index (χ0v) is 15.0. The fourth-order valence-electron chi connectivity index (χ4n) is 2.42. The molecule has 0 saturated carbocycles. The molecular weight excluding hydrogens is 353 g/mol. The Balaban J connectivity index is 2.30. The lowest BCUT2D eigenvalue weighted by molar-refractivity contribution is -0.128. The standard InChI is InChI=1S/C16H17Cl2N3O3/c1-8(2)14(9(3)22)20-13(23)6-21-7-19-15-11(16(21)24)4-10(17)5-12(15)18/h4-5,7-8,14H,6H2,1-3H3,(H,20,23)/t14-/m0/s1. The summed E-state index contributed by atoms with van der Waals surface area (Å²) in [6.45, 7) is 4.83. The largest absolute Gasteiger partial charge is 0.344 e. The zero-order valence-electron chi connectivity index (χ0n) is 13.5. The first-order valence-electron chi connectivity index (χ1n) is 7.34. The lowest BCUT2D eigenvalue weighted by atomic mass is 10.0. The third-order valence-electron chi connectivity index (χ3n) is 3.58. The van der Waals surface area contributed by atoms with Crippen molar-refractivity contribution in [3.05, 3.63) is 38.9 Å². The van der Waals surface area contributed by atoms with Crippen molar-refractivity contribution in [2.75, 3.05) is 0 Å². The molecule has 1 amide bonds. The zero-order chi connectivity index (χ0) is 18.0. The van der Waals surface area contributed by atoms with Crippen LogP contribution in [0.4, 0.5) is 0 Å². The van der Waals surface area contributed by atoms with Gasteiger partial charge in [0.15, 0.2) is 5.78 Å². The number of amides is 1. The van der Waals surface area contributed by atoms with E-state index >= 15 is 0 Å². The number of nitrogens with zero attached hydrogens (tertiary/aromatic N) is 2. The van der Waals surface area contributed by atoms with Crippen molar-refractivity contribution in [1.29, 1.82) is 0 Å². The normalized spacial score (nSPS) is 12.4. The maximum Gasteiger partial charge on any atom is 0.261 e. The maximum absolute atomic E-state index is 12.5. The lowest BCUT2D eigenvalue weighted by Gasteiger charge is -2.19. The summed E-state index contributed by atoms with van der Waals surface area (Å²) < 4.78 is 1.15.